The van der Waals surface area contributed by atoms with Gasteiger partial charge in [0.05, 0.1) is 0 Å². The van der Waals surface area contributed by atoms with E-state index in [2.05, 4.69) is 30.8 Å². The molecule has 0 unspecified atom stereocenters. The van der Waals surface area contributed by atoms with E-state index in [4.69, 9.17) is 0 Å². The largest absolute Gasteiger partial charge is 0.354 e. The van der Waals surface area contributed by atoms with Gasteiger partial charge in [-0.25, -0.2) is 4.79 Å². The second-order valence-electron chi connectivity index (χ2n) is 6.82. The van der Waals surface area contributed by atoms with Crippen LogP contribution in [0.3, 0.4) is 0 Å². The van der Waals surface area contributed by atoms with Crippen LogP contribution in [-0.2, 0) is 0 Å². The molecule has 1 saturated heterocycles. The van der Waals surface area contributed by atoms with Gasteiger partial charge in [0.15, 0.2) is 11.5 Å². The maximum atomic E-state index is 11.9. The lowest BCUT2D eigenvalue weighted by molar-refractivity contribution is 0.233. The molecular formula is C16H23N7O. The molecule has 0 radical (unpaired) electrons. The molecule has 1 saturated carbocycles. The number of rotatable bonds is 4. The van der Waals surface area contributed by atoms with Crippen LogP contribution in [0.25, 0.3) is 5.65 Å². The van der Waals surface area contributed by atoms with Crippen molar-refractivity contribution in [2.45, 2.75) is 38.6 Å². The number of hydrogen-bond acceptors (Lipinski definition) is 5. The molecule has 2 amide bonds. The Labute approximate surface area is 140 Å². The Balaban J connectivity index is 1.25. The summed E-state index contributed by atoms with van der Waals surface area (Å²) < 4.78 is 1.76. The molecule has 0 bridgehead atoms. The van der Waals surface area contributed by atoms with Crippen molar-refractivity contribution in [3.05, 3.63) is 18.0 Å². The van der Waals surface area contributed by atoms with Crippen LogP contribution in [0.2, 0.25) is 0 Å². The number of aromatic nitrogens is 4. The van der Waals surface area contributed by atoms with Gasteiger partial charge in [-0.3, -0.25) is 0 Å². The number of urea groups is 1. The number of amides is 2. The summed E-state index contributed by atoms with van der Waals surface area (Å²) in [5.41, 5.74) is 0.763. The minimum Gasteiger partial charge on any atom is -0.354 e. The molecule has 8 nitrogen and oxygen atoms in total. The van der Waals surface area contributed by atoms with Crippen LogP contribution in [0.4, 0.5) is 10.6 Å². The third kappa shape index (κ3) is 3.00. The van der Waals surface area contributed by atoms with E-state index in [1.165, 1.54) is 12.8 Å². The summed E-state index contributed by atoms with van der Waals surface area (Å²) in [6, 6.07) is 4.24. The van der Waals surface area contributed by atoms with Crippen molar-refractivity contribution in [1.82, 2.24) is 30.4 Å². The van der Waals surface area contributed by atoms with E-state index in [-0.39, 0.29) is 6.03 Å². The second kappa shape index (κ2) is 6.26. The SMILES string of the molecule is Cc1nnc2ccc(N3CC(CNC(=O)NC4CCCC4)C3)nn12. The van der Waals surface area contributed by atoms with Gasteiger partial charge >= 0.3 is 6.03 Å². The fraction of sp³-hybridized carbons (Fsp3) is 0.625. The Morgan fingerprint density at radius 2 is 2.04 bits per heavy atom. The summed E-state index contributed by atoms with van der Waals surface area (Å²) in [6.45, 7) is 4.41. The van der Waals surface area contributed by atoms with Gasteiger partial charge in [0, 0.05) is 31.6 Å². The standard InChI is InChI=1S/C16H23N7O/c1-11-19-20-14-6-7-15(21-23(11)14)22-9-12(10-22)8-17-16(24)18-13-4-2-3-5-13/h6-7,12-13H,2-5,8-10H2,1H3,(H2,17,18,24). The van der Waals surface area contributed by atoms with Crippen LogP contribution in [0.1, 0.15) is 31.5 Å². The number of anilines is 1. The average molecular weight is 329 g/mol. The maximum absolute atomic E-state index is 11.9. The highest BCUT2D eigenvalue weighted by molar-refractivity contribution is 5.74. The normalized spacial score (nSPS) is 18.8. The fourth-order valence-corrected chi connectivity index (χ4v) is 3.48. The summed E-state index contributed by atoms with van der Waals surface area (Å²) in [5.74, 6) is 2.19. The molecule has 1 aliphatic heterocycles. The lowest BCUT2D eigenvalue weighted by Gasteiger charge is -2.40. The molecule has 4 rings (SSSR count). The van der Waals surface area contributed by atoms with E-state index >= 15 is 0 Å². The van der Waals surface area contributed by atoms with Crippen molar-refractivity contribution >= 4 is 17.5 Å². The van der Waals surface area contributed by atoms with Crippen LogP contribution >= 0.6 is 0 Å². The Bertz CT molecular complexity index is 731. The Kier molecular flexibility index (Phi) is 3.95. The predicted octanol–water partition coefficient (Wildman–Crippen LogP) is 1.11. The molecular weight excluding hydrogens is 306 g/mol. The number of hydrogen-bond donors (Lipinski definition) is 2. The first-order valence-corrected chi connectivity index (χ1v) is 8.67. The molecule has 2 fully saturated rings. The molecule has 128 valence electrons. The van der Waals surface area contributed by atoms with Crippen LogP contribution in [0.15, 0.2) is 12.1 Å². The summed E-state index contributed by atoms with van der Waals surface area (Å²) in [5, 5.41) is 18.7. The molecule has 0 atom stereocenters. The topological polar surface area (TPSA) is 87.5 Å². The Morgan fingerprint density at radius 1 is 1.25 bits per heavy atom. The smallest absolute Gasteiger partial charge is 0.315 e. The monoisotopic (exact) mass is 329 g/mol. The minimum atomic E-state index is -0.0278. The van der Waals surface area contributed by atoms with E-state index in [9.17, 15) is 4.79 Å². The third-order valence-electron chi connectivity index (χ3n) is 4.93. The number of nitrogens with zero attached hydrogens (tertiary/aromatic N) is 5. The number of nitrogens with one attached hydrogen (secondary N) is 2. The van der Waals surface area contributed by atoms with Crippen molar-refractivity contribution in [3.63, 3.8) is 0 Å². The van der Waals surface area contributed by atoms with Gasteiger partial charge in [-0.2, -0.15) is 4.52 Å². The molecule has 2 aromatic rings. The van der Waals surface area contributed by atoms with Gasteiger partial charge in [-0.1, -0.05) is 12.8 Å². The molecule has 1 aliphatic carbocycles. The van der Waals surface area contributed by atoms with Gasteiger partial charge in [-0.15, -0.1) is 15.3 Å². The number of carbonyl (C=O) groups is 1. The summed E-state index contributed by atoms with van der Waals surface area (Å²) in [6.07, 6.45) is 4.68. The first kappa shape index (κ1) is 15.2. The quantitative estimate of drug-likeness (QED) is 0.877. The van der Waals surface area contributed by atoms with Gasteiger partial charge < -0.3 is 15.5 Å². The maximum Gasteiger partial charge on any atom is 0.315 e. The summed E-state index contributed by atoms with van der Waals surface area (Å²) in [7, 11) is 0. The first-order chi connectivity index (χ1) is 11.7. The highest BCUT2D eigenvalue weighted by atomic mass is 16.2. The van der Waals surface area contributed by atoms with Crippen molar-refractivity contribution in [3.8, 4) is 0 Å². The minimum absolute atomic E-state index is 0.0278. The molecule has 0 aromatic carbocycles. The third-order valence-corrected chi connectivity index (χ3v) is 4.93. The first-order valence-electron chi connectivity index (χ1n) is 8.67. The zero-order chi connectivity index (χ0) is 16.5. The van der Waals surface area contributed by atoms with Gasteiger partial charge in [0.25, 0.3) is 0 Å². The molecule has 3 heterocycles. The number of fused-ring (bicyclic) bond motifs is 1. The lowest BCUT2D eigenvalue weighted by Crippen LogP contribution is -2.53. The zero-order valence-electron chi connectivity index (χ0n) is 13.9. The molecule has 0 spiro atoms. The molecule has 2 aliphatic rings. The van der Waals surface area contributed by atoms with Crippen molar-refractivity contribution < 1.29 is 4.79 Å². The predicted molar refractivity (Wildman–Crippen MR) is 90.0 cm³/mol. The van der Waals surface area contributed by atoms with Gasteiger partial charge in [0.2, 0.25) is 0 Å². The van der Waals surface area contributed by atoms with E-state index in [0.717, 1.165) is 43.2 Å². The molecule has 2 N–H and O–H groups in total. The highest BCUT2D eigenvalue weighted by Crippen LogP contribution is 2.22. The van der Waals surface area contributed by atoms with E-state index < -0.39 is 0 Å². The second-order valence-corrected chi connectivity index (χ2v) is 6.82. The van der Waals surface area contributed by atoms with Crippen molar-refractivity contribution in [1.29, 1.82) is 0 Å². The lowest BCUT2D eigenvalue weighted by atomic mass is 10.0. The van der Waals surface area contributed by atoms with Gasteiger partial charge in [0.1, 0.15) is 5.82 Å². The van der Waals surface area contributed by atoms with Crippen molar-refractivity contribution in [2.75, 3.05) is 24.5 Å². The molecule has 24 heavy (non-hydrogen) atoms. The van der Waals surface area contributed by atoms with Crippen LogP contribution in [0, 0.1) is 12.8 Å². The van der Waals surface area contributed by atoms with Gasteiger partial charge in [-0.05, 0) is 31.9 Å². The van der Waals surface area contributed by atoms with E-state index in [0.29, 0.717) is 18.5 Å². The summed E-state index contributed by atoms with van der Waals surface area (Å²) in [4.78, 5) is 14.1. The highest BCUT2D eigenvalue weighted by Gasteiger charge is 2.28. The van der Waals surface area contributed by atoms with Crippen LogP contribution in [-0.4, -0.2) is 51.5 Å². The Morgan fingerprint density at radius 3 is 2.83 bits per heavy atom. The van der Waals surface area contributed by atoms with Crippen LogP contribution in [0.5, 0.6) is 0 Å². The zero-order valence-corrected chi connectivity index (χ0v) is 13.9. The van der Waals surface area contributed by atoms with Crippen molar-refractivity contribution in [2.24, 2.45) is 5.92 Å². The van der Waals surface area contributed by atoms with E-state index in [1.54, 1.807) is 4.52 Å². The van der Waals surface area contributed by atoms with E-state index in [1.807, 2.05) is 19.1 Å². The average Bonchev–Trinajstić information content (AvgIpc) is 3.16. The Hall–Kier alpha value is -2.38. The number of aryl methyl sites for hydroxylation is 1. The molecule has 2 aromatic heterocycles. The summed E-state index contributed by atoms with van der Waals surface area (Å²) >= 11 is 0. The molecule has 8 heteroatoms. The fourth-order valence-electron chi connectivity index (χ4n) is 3.48. The number of carbonyl (C=O) groups excluding carboxylic acids is 1. The van der Waals surface area contributed by atoms with Crippen LogP contribution < -0.4 is 15.5 Å².